The quantitative estimate of drug-likeness (QED) is 0.762. The monoisotopic (exact) mass is 403 g/mol. The molecule has 0 spiro atoms. The van der Waals surface area contributed by atoms with Crippen molar-refractivity contribution in [2.45, 2.75) is 13.0 Å². The van der Waals surface area contributed by atoms with Gasteiger partial charge in [-0.05, 0) is 49.0 Å². The summed E-state index contributed by atoms with van der Waals surface area (Å²) >= 11 is 5.31. The molecule has 3 rings (SSSR count). The van der Waals surface area contributed by atoms with Gasteiger partial charge in [0, 0.05) is 12.7 Å². The summed E-state index contributed by atoms with van der Waals surface area (Å²) in [5, 5.41) is 6.22. The highest BCUT2D eigenvalue weighted by atomic mass is 32.1. The van der Waals surface area contributed by atoms with E-state index >= 15 is 0 Å². The minimum Gasteiger partial charge on any atom is -0.495 e. The Morgan fingerprint density at radius 3 is 2.61 bits per heavy atom. The maximum atomic E-state index is 13.8. The van der Waals surface area contributed by atoms with E-state index in [4.69, 9.17) is 17.0 Å². The number of rotatable bonds is 4. The van der Waals surface area contributed by atoms with Crippen molar-refractivity contribution in [1.29, 1.82) is 0 Å². The topological polar surface area (TPSA) is 53.6 Å². The van der Waals surface area contributed by atoms with E-state index in [1.807, 2.05) is 0 Å². The fourth-order valence-electron chi connectivity index (χ4n) is 3.01. The number of carbonyl (C=O) groups excluding carboxylic acids is 1. The van der Waals surface area contributed by atoms with Crippen LogP contribution in [-0.4, -0.2) is 30.1 Å². The first-order chi connectivity index (χ1) is 13.3. The van der Waals surface area contributed by atoms with Gasteiger partial charge in [-0.1, -0.05) is 18.2 Å². The summed E-state index contributed by atoms with van der Waals surface area (Å²) < 4.78 is 32.4. The van der Waals surface area contributed by atoms with E-state index < -0.39 is 23.6 Å². The molecule has 1 atom stereocenters. The van der Waals surface area contributed by atoms with Crippen molar-refractivity contribution in [3.8, 4) is 5.75 Å². The molecule has 1 aliphatic heterocycles. The second kappa shape index (κ2) is 7.93. The van der Waals surface area contributed by atoms with E-state index in [-0.39, 0.29) is 0 Å². The lowest BCUT2D eigenvalue weighted by molar-refractivity contribution is -0.113. The number of carbonyl (C=O) groups is 1. The summed E-state index contributed by atoms with van der Waals surface area (Å²) in [6, 6.07) is 9.78. The lowest BCUT2D eigenvalue weighted by Crippen LogP contribution is -2.46. The number of ether oxygens (including phenoxy) is 1. The molecule has 0 radical (unpaired) electrons. The minimum atomic E-state index is -0.994. The molecule has 1 heterocycles. The van der Waals surface area contributed by atoms with Crippen LogP contribution in [0.5, 0.6) is 5.75 Å². The molecular weight excluding hydrogens is 384 g/mol. The SMILES string of the molecule is COc1ccccc1NC(=O)C1=C(C)N(C)C(=S)N[C@H]1c1ccc(F)c(F)c1. The van der Waals surface area contributed by atoms with Gasteiger partial charge in [0.1, 0.15) is 5.75 Å². The van der Waals surface area contributed by atoms with Crippen LogP contribution in [0.25, 0.3) is 0 Å². The Kier molecular flexibility index (Phi) is 5.60. The number of nitrogens with zero attached hydrogens (tertiary/aromatic N) is 1. The maximum absolute atomic E-state index is 13.8. The first-order valence-corrected chi connectivity index (χ1v) is 8.88. The van der Waals surface area contributed by atoms with Gasteiger partial charge in [0.2, 0.25) is 0 Å². The molecule has 8 heteroatoms. The van der Waals surface area contributed by atoms with Gasteiger partial charge in [0.05, 0.1) is 24.4 Å². The zero-order chi connectivity index (χ0) is 20.4. The van der Waals surface area contributed by atoms with E-state index in [2.05, 4.69) is 10.6 Å². The molecule has 146 valence electrons. The van der Waals surface area contributed by atoms with E-state index in [0.29, 0.717) is 33.4 Å². The first kappa shape index (κ1) is 19.8. The van der Waals surface area contributed by atoms with Gasteiger partial charge in [-0.3, -0.25) is 4.79 Å². The van der Waals surface area contributed by atoms with Crippen LogP contribution in [0.1, 0.15) is 18.5 Å². The van der Waals surface area contributed by atoms with Crippen molar-refractivity contribution in [3.63, 3.8) is 0 Å². The number of benzene rings is 2. The smallest absolute Gasteiger partial charge is 0.255 e. The van der Waals surface area contributed by atoms with Crippen LogP contribution in [0.4, 0.5) is 14.5 Å². The zero-order valence-corrected chi connectivity index (χ0v) is 16.4. The van der Waals surface area contributed by atoms with E-state index in [9.17, 15) is 13.6 Å². The van der Waals surface area contributed by atoms with Crippen LogP contribution in [0.3, 0.4) is 0 Å². The number of methoxy groups -OCH3 is 1. The minimum absolute atomic E-state index is 0.341. The Morgan fingerprint density at radius 2 is 1.93 bits per heavy atom. The predicted octanol–water partition coefficient (Wildman–Crippen LogP) is 3.75. The predicted molar refractivity (Wildman–Crippen MR) is 107 cm³/mol. The average Bonchev–Trinajstić information content (AvgIpc) is 2.68. The fraction of sp³-hybridized carbons (Fsp3) is 0.200. The van der Waals surface area contributed by atoms with Crippen molar-refractivity contribution in [2.75, 3.05) is 19.5 Å². The van der Waals surface area contributed by atoms with Crippen molar-refractivity contribution >= 4 is 28.9 Å². The third-order valence-corrected chi connectivity index (χ3v) is 5.02. The number of para-hydroxylation sites is 2. The molecular formula is C20H19F2N3O2S. The lowest BCUT2D eigenvalue weighted by atomic mass is 9.94. The molecule has 0 aliphatic carbocycles. The van der Waals surface area contributed by atoms with Crippen LogP contribution < -0.4 is 15.4 Å². The highest BCUT2D eigenvalue weighted by Crippen LogP contribution is 2.32. The van der Waals surface area contributed by atoms with Gasteiger partial charge >= 0.3 is 0 Å². The molecule has 0 bridgehead atoms. The van der Waals surface area contributed by atoms with Gasteiger partial charge in [0.15, 0.2) is 16.7 Å². The largest absolute Gasteiger partial charge is 0.495 e. The van der Waals surface area contributed by atoms with Crippen molar-refractivity contribution < 1.29 is 18.3 Å². The molecule has 5 nitrogen and oxygen atoms in total. The molecule has 0 unspecified atom stereocenters. The van der Waals surface area contributed by atoms with Crippen molar-refractivity contribution in [3.05, 3.63) is 70.9 Å². The normalized spacial score (nSPS) is 16.7. The summed E-state index contributed by atoms with van der Waals surface area (Å²) in [6.45, 7) is 1.75. The zero-order valence-electron chi connectivity index (χ0n) is 15.5. The van der Waals surface area contributed by atoms with Crippen LogP contribution in [0, 0.1) is 11.6 Å². The molecule has 0 saturated heterocycles. The summed E-state index contributed by atoms with van der Waals surface area (Å²) in [4.78, 5) is 14.8. The number of anilines is 1. The standard InChI is InChI=1S/C20H19F2N3O2S/c1-11-17(19(26)23-15-6-4-5-7-16(15)27-3)18(24-20(28)25(11)2)12-8-9-13(21)14(22)10-12/h4-10,18H,1-3H3,(H,23,26)(H,24,28)/t18-/m0/s1. The molecule has 2 aromatic rings. The van der Waals surface area contributed by atoms with E-state index in [1.165, 1.54) is 13.2 Å². The van der Waals surface area contributed by atoms with E-state index in [0.717, 1.165) is 12.1 Å². The van der Waals surface area contributed by atoms with E-state index in [1.54, 1.807) is 43.1 Å². The Balaban J connectivity index is 2.03. The number of thiocarbonyl (C=S) groups is 1. The average molecular weight is 403 g/mol. The van der Waals surface area contributed by atoms with Gasteiger partial charge < -0.3 is 20.3 Å². The molecule has 0 saturated carbocycles. The molecule has 2 aromatic carbocycles. The Labute approximate surface area is 167 Å². The van der Waals surface area contributed by atoms with Gasteiger partial charge in [0.25, 0.3) is 5.91 Å². The summed E-state index contributed by atoms with van der Waals surface area (Å²) in [5.74, 6) is -1.85. The van der Waals surface area contributed by atoms with Crippen molar-refractivity contribution in [1.82, 2.24) is 10.2 Å². The Morgan fingerprint density at radius 1 is 1.21 bits per heavy atom. The molecule has 28 heavy (non-hydrogen) atoms. The third kappa shape index (κ3) is 3.68. The third-order valence-electron chi connectivity index (χ3n) is 4.63. The number of allylic oxidation sites excluding steroid dienone is 1. The highest BCUT2D eigenvalue weighted by molar-refractivity contribution is 7.80. The maximum Gasteiger partial charge on any atom is 0.255 e. The molecule has 1 aliphatic rings. The van der Waals surface area contributed by atoms with Crippen LogP contribution >= 0.6 is 12.2 Å². The van der Waals surface area contributed by atoms with Gasteiger partial charge in [-0.25, -0.2) is 8.78 Å². The van der Waals surface area contributed by atoms with Gasteiger partial charge in [-0.2, -0.15) is 0 Å². The number of hydrogen-bond acceptors (Lipinski definition) is 3. The summed E-state index contributed by atoms with van der Waals surface area (Å²) in [5.41, 5.74) is 1.83. The number of hydrogen-bond donors (Lipinski definition) is 2. The van der Waals surface area contributed by atoms with Crippen molar-refractivity contribution in [2.24, 2.45) is 0 Å². The summed E-state index contributed by atoms with van der Waals surface area (Å²) in [7, 11) is 3.23. The molecule has 1 amide bonds. The fourth-order valence-corrected chi connectivity index (χ4v) is 3.26. The Hall–Kier alpha value is -3.00. The highest BCUT2D eigenvalue weighted by Gasteiger charge is 2.33. The number of halogens is 2. The van der Waals surface area contributed by atoms with Crippen LogP contribution in [0.2, 0.25) is 0 Å². The molecule has 0 fully saturated rings. The number of amides is 1. The lowest BCUT2D eigenvalue weighted by Gasteiger charge is -2.35. The van der Waals surface area contributed by atoms with Crippen LogP contribution in [-0.2, 0) is 4.79 Å². The summed E-state index contributed by atoms with van der Waals surface area (Å²) in [6.07, 6.45) is 0. The second-order valence-corrected chi connectivity index (χ2v) is 6.66. The van der Waals surface area contributed by atoms with Crippen LogP contribution in [0.15, 0.2) is 53.7 Å². The molecule has 0 aromatic heterocycles. The van der Waals surface area contributed by atoms with Gasteiger partial charge in [-0.15, -0.1) is 0 Å². The molecule has 2 N–H and O–H groups in total. The number of nitrogens with one attached hydrogen (secondary N) is 2. The second-order valence-electron chi connectivity index (χ2n) is 6.27. The first-order valence-electron chi connectivity index (χ1n) is 8.47. The Bertz CT molecular complexity index is 978.